The smallest absolute Gasteiger partial charge is 0.255 e. The normalized spacial score (nSPS) is 10.6. The van der Waals surface area contributed by atoms with E-state index in [4.69, 9.17) is 16.0 Å². The van der Waals surface area contributed by atoms with Gasteiger partial charge >= 0.3 is 0 Å². The van der Waals surface area contributed by atoms with Crippen molar-refractivity contribution in [2.45, 2.75) is 13.5 Å². The number of nitrogens with one attached hydrogen (secondary N) is 2. The average Bonchev–Trinajstić information content (AvgIpc) is 3.15. The molecular formula is C16H14ClN3O2. The summed E-state index contributed by atoms with van der Waals surface area (Å²) in [6.45, 7) is 2.22. The van der Waals surface area contributed by atoms with E-state index in [1.165, 1.54) is 0 Å². The van der Waals surface area contributed by atoms with Crippen molar-refractivity contribution in [3.63, 3.8) is 0 Å². The first-order chi connectivity index (χ1) is 10.6. The molecule has 2 N–H and O–H groups in total. The molecule has 0 saturated heterocycles. The quantitative estimate of drug-likeness (QED) is 0.773. The van der Waals surface area contributed by atoms with Crippen LogP contribution >= 0.6 is 11.6 Å². The van der Waals surface area contributed by atoms with Gasteiger partial charge in [0.05, 0.1) is 11.8 Å². The van der Waals surface area contributed by atoms with Crippen LogP contribution < -0.4 is 5.32 Å². The van der Waals surface area contributed by atoms with E-state index >= 15 is 0 Å². The first kappa shape index (κ1) is 14.4. The van der Waals surface area contributed by atoms with Gasteiger partial charge in [-0.05, 0) is 36.8 Å². The zero-order valence-electron chi connectivity index (χ0n) is 11.9. The maximum atomic E-state index is 12.4. The molecule has 0 unspecified atom stereocenters. The van der Waals surface area contributed by atoms with E-state index in [0.29, 0.717) is 34.3 Å². The van der Waals surface area contributed by atoms with E-state index in [1.807, 2.05) is 12.1 Å². The summed E-state index contributed by atoms with van der Waals surface area (Å²) in [6.07, 6.45) is 1.55. The lowest BCUT2D eigenvalue weighted by Gasteiger charge is -2.06. The van der Waals surface area contributed by atoms with E-state index in [0.717, 1.165) is 5.56 Å². The number of amides is 1. The number of carbonyl (C=O) groups is 1. The molecule has 0 aliphatic carbocycles. The first-order valence-electron chi connectivity index (χ1n) is 6.76. The minimum atomic E-state index is -0.201. The van der Waals surface area contributed by atoms with Crippen LogP contribution in [0.5, 0.6) is 0 Å². The average molecular weight is 316 g/mol. The van der Waals surface area contributed by atoms with Gasteiger partial charge in [-0.2, -0.15) is 5.10 Å². The molecule has 112 valence electrons. The van der Waals surface area contributed by atoms with Crippen LogP contribution in [-0.2, 0) is 6.54 Å². The molecule has 3 rings (SSSR count). The molecule has 0 aliphatic rings. The summed E-state index contributed by atoms with van der Waals surface area (Å²) < 4.78 is 5.32. The third-order valence-corrected chi connectivity index (χ3v) is 3.55. The Morgan fingerprint density at radius 1 is 1.32 bits per heavy atom. The highest BCUT2D eigenvalue weighted by molar-refractivity contribution is 6.30. The maximum Gasteiger partial charge on any atom is 0.255 e. The number of aromatic amines is 1. The summed E-state index contributed by atoms with van der Waals surface area (Å²) in [6, 6.07) is 10.9. The number of rotatable bonds is 4. The highest BCUT2D eigenvalue weighted by Crippen LogP contribution is 2.24. The molecule has 0 spiro atoms. The number of carbonyl (C=O) groups excluding carboxylic acids is 1. The van der Waals surface area contributed by atoms with Crippen molar-refractivity contribution in [1.29, 1.82) is 0 Å². The molecule has 22 heavy (non-hydrogen) atoms. The molecule has 0 bridgehead atoms. The minimum Gasteiger partial charge on any atom is -0.463 e. The number of aryl methyl sites for hydroxylation is 1. The molecule has 0 aliphatic heterocycles. The Morgan fingerprint density at radius 3 is 2.77 bits per heavy atom. The highest BCUT2D eigenvalue weighted by atomic mass is 35.5. The number of benzene rings is 1. The fourth-order valence-corrected chi connectivity index (χ4v) is 2.30. The van der Waals surface area contributed by atoms with Gasteiger partial charge in [-0.25, -0.2) is 0 Å². The van der Waals surface area contributed by atoms with E-state index < -0.39 is 0 Å². The maximum absolute atomic E-state index is 12.4. The van der Waals surface area contributed by atoms with Crippen LogP contribution in [0.2, 0.25) is 5.02 Å². The van der Waals surface area contributed by atoms with E-state index in [-0.39, 0.29) is 5.91 Å². The molecule has 1 aromatic carbocycles. The summed E-state index contributed by atoms with van der Waals surface area (Å²) >= 11 is 5.84. The first-order valence-corrected chi connectivity index (χ1v) is 7.14. The van der Waals surface area contributed by atoms with Gasteiger partial charge in [-0.3, -0.25) is 9.89 Å². The zero-order chi connectivity index (χ0) is 15.5. The van der Waals surface area contributed by atoms with Crippen molar-refractivity contribution in [2.75, 3.05) is 0 Å². The lowest BCUT2D eigenvalue weighted by atomic mass is 10.1. The Bertz CT molecular complexity index is 776. The van der Waals surface area contributed by atoms with Crippen molar-refractivity contribution < 1.29 is 9.21 Å². The lowest BCUT2D eigenvalue weighted by molar-refractivity contribution is 0.0951. The van der Waals surface area contributed by atoms with Crippen molar-refractivity contribution in [1.82, 2.24) is 15.5 Å². The molecule has 0 saturated carbocycles. The Labute approximate surface area is 132 Å². The van der Waals surface area contributed by atoms with Crippen LogP contribution in [0.15, 0.2) is 47.1 Å². The van der Waals surface area contributed by atoms with Gasteiger partial charge in [0.25, 0.3) is 5.91 Å². The van der Waals surface area contributed by atoms with Crippen LogP contribution in [-0.4, -0.2) is 16.1 Å². The second-order valence-corrected chi connectivity index (χ2v) is 5.30. The number of furan rings is 1. The minimum absolute atomic E-state index is 0.201. The molecule has 6 heteroatoms. The summed E-state index contributed by atoms with van der Waals surface area (Å²) in [4.78, 5) is 12.4. The number of H-pyrrole nitrogens is 1. The second kappa shape index (κ2) is 6.07. The van der Waals surface area contributed by atoms with Crippen molar-refractivity contribution >= 4 is 17.5 Å². The number of hydrogen-bond acceptors (Lipinski definition) is 3. The fourth-order valence-electron chi connectivity index (χ4n) is 2.17. The molecule has 1 amide bonds. The predicted octanol–water partition coefficient (Wildman–Crippen LogP) is 3.56. The van der Waals surface area contributed by atoms with Gasteiger partial charge in [-0.1, -0.05) is 23.7 Å². The van der Waals surface area contributed by atoms with Crippen LogP contribution in [0.25, 0.3) is 11.5 Å². The van der Waals surface area contributed by atoms with Crippen LogP contribution in [0.1, 0.15) is 21.6 Å². The van der Waals surface area contributed by atoms with Crippen LogP contribution in [0, 0.1) is 6.92 Å². The number of halogens is 1. The monoisotopic (exact) mass is 315 g/mol. The molecular weight excluding hydrogens is 302 g/mol. The van der Waals surface area contributed by atoms with Crippen molar-refractivity contribution in [3.8, 4) is 11.5 Å². The Morgan fingerprint density at radius 2 is 2.09 bits per heavy atom. The summed E-state index contributed by atoms with van der Waals surface area (Å²) in [5.41, 5.74) is 2.67. The highest BCUT2D eigenvalue weighted by Gasteiger charge is 2.20. The standard InChI is InChI=1S/C16H14ClN3O2/c1-10-14(15(20-19-10)13-3-2-8-22-13)16(21)18-9-11-4-6-12(17)7-5-11/h2-8H,9H2,1H3,(H,18,21)(H,19,20). The van der Waals surface area contributed by atoms with Crippen molar-refractivity contribution in [3.05, 3.63) is 64.5 Å². The third kappa shape index (κ3) is 2.89. The third-order valence-electron chi connectivity index (χ3n) is 3.30. The van der Waals surface area contributed by atoms with Gasteiger partial charge in [0, 0.05) is 17.3 Å². The Hall–Kier alpha value is -2.53. The Balaban J connectivity index is 1.78. The van der Waals surface area contributed by atoms with Gasteiger partial charge in [0.1, 0.15) is 5.69 Å². The summed E-state index contributed by atoms with van der Waals surface area (Å²) in [7, 11) is 0. The molecule has 5 nitrogen and oxygen atoms in total. The number of aromatic nitrogens is 2. The largest absolute Gasteiger partial charge is 0.463 e. The van der Waals surface area contributed by atoms with Crippen LogP contribution in [0.3, 0.4) is 0 Å². The summed E-state index contributed by atoms with van der Waals surface area (Å²) in [5.74, 6) is 0.355. The van der Waals surface area contributed by atoms with E-state index in [1.54, 1.807) is 37.5 Å². The topological polar surface area (TPSA) is 70.9 Å². The molecule has 0 fully saturated rings. The lowest BCUT2D eigenvalue weighted by Crippen LogP contribution is -2.23. The van der Waals surface area contributed by atoms with E-state index in [2.05, 4.69) is 15.5 Å². The second-order valence-electron chi connectivity index (χ2n) is 4.86. The fraction of sp³-hybridized carbons (Fsp3) is 0.125. The SMILES string of the molecule is Cc1[nH]nc(-c2ccco2)c1C(=O)NCc1ccc(Cl)cc1. The molecule has 0 radical (unpaired) electrons. The molecule has 2 heterocycles. The number of hydrogen-bond donors (Lipinski definition) is 2. The van der Waals surface area contributed by atoms with Crippen molar-refractivity contribution in [2.24, 2.45) is 0 Å². The predicted molar refractivity (Wildman–Crippen MR) is 83.6 cm³/mol. The Kier molecular flexibility index (Phi) is 3.98. The molecule has 2 aromatic heterocycles. The van der Waals surface area contributed by atoms with Gasteiger partial charge in [0.15, 0.2) is 5.76 Å². The zero-order valence-corrected chi connectivity index (χ0v) is 12.6. The number of nitrogens with zero attached hydrogens (tertiary/aromatic N) is 1. The van der Waals surface area contributed by atoms with Gasteiger partial charge in [-0.15, -0.1) is 0 Å². The molecule has 0 atom stereocenters. The molecule has 3 aromatic rings. The van der Waals surface area contributed by atoms with Gasteiger partial charge < -0.3 is 9.73 Å². The van der Waals surface area contributed by atoms with E-state index in [9.17, 15) is 4.79 Å². The van der Waals surface area contributed by atoms with Crippen LogP contribution in [0.4, 0.5) is 0 Å². The van der Waals surface area contributed by atoms with Gasteiger partial charge in [0.2, 0.25) is 0 Å². The summed E-state index contributed by atoms with van der Waals surface area (Å²) in [5, 5.41) is 10.5.